The molecule has 1 aliphatic rings. The summed E-state index contributed by atoms with van der Waals surface area (Å²) in [6.45, 7) is 3.14. The first-order chi connectivity index (χ1) is 10.0. The zero-order chi connectivity index (χ0) is 14.9. The molecule has 2 aromatic rings. The molecule has 1 aromatic heterocycles. The minimum Gasteiger partial charge on any atom is -0.360 e. The summed E-state index contributed by atoms with van der Waals surface area (Å²) in [7, 11) is 0. The molecule has 0 unspecified atom stereocenters. The highest BCUT2D eigenvalue weighted by Gasteiger charge is 2.33. The number of thiazole rings is 1. The lowest BCUT2D eigenvalue weighted by Gasteiger charge is -2.14. The summed E-state index contributed by atoms with van der Waals surface area (Å²) in [5.74, 6) is 0. The molecule has 0 saturated carbocycles. The molecule has 21 heavy (non-hydrogen) atoms. The van der Waals surface area contributed by atoms with Gasteiger partial charge < -0.3 is 5.32 Å². The molecule has 0 fully saturated rings. The highest BCUT2D eigenvalue weighted by molar-refractivity contribution is 7.13. The first-order valence-corrected chi connectivity index (χ1v) is 7.46. The number of nitrogens with zero attached hydrogens (tertiary/aromatic N) is 2. The van der Waals surface area contributed by atoms with E-state index in [0.717, 1.165) is 36.4 Å². The van der Waals surface area contributed by atoms with Gasteiger partial charge in [-0.15, -0.1) is 11.3 Å². The Labute approximate surface area is 124 Å². The Morgan fingerprint density at radius 3 is 2.43 bits per heavy atom. The van der Waals surface area contributed by atoms with Gasteiger partial charge in [-0.05, 0) is 11.1 Å². The molecule has 3 nitrogen and oxygen atoms in total. The van der Waals surface area contributed by atoms with E-state index in [-0.39, 0.29) is 0 Å². The second-order valence-corrected chi connectivity index (χ2v) is 5.80. The maximum Gasteiger partial charge on any atom is 0.434 e. The van der Waals surface area contributed by atoms with Crippen LogP contribution in [-0.2, 0) is 19.3 Å². The molecule has 1 aromatic carbocycles. The van der Waals surface area contributed by atoms with Gasteiger partial charge in [0, 0.05) is 31.6 Å². The molecular weight excluding hydrogens is 299 g/mol. The van der Waals surface area contributed by atoms with Crippen LogP contribution in [0.2, 0.25) is 0 Å². The van der Waals surface area contributed by atoms with E-state index in [1.165, 1.54) is 11.1 Å². The summed E-state index contributed by atoms with van der Waals surface area (Å²) in [5, 5.41) is 4.31. The van der Waals surface area contributed by atoms with Crippen molar-refractivity contribution in [1.29, 1.82) is 0 Å². The minimum atomic E-state index is -4.37. The second kappa shape index (κ2) is 5.65. The van der Waals surface area contributed by atoms with E-state index < -0.39 is 11.9 Å². The van der Waals surface area contributed by atoms with Crippen molar-refractivity contribution in [2.24, 2.45) is 0 Å². The van der Waals surface area contributed by atoms with Gasteiger partial charge in [0.05, 0.1) is 0 Å². The minimum absolute atomic E-state index is 0.319. The van der Waals surface area contributed by atoms with Gasteiger partial charge >= 0.3 is 6.18 Å². The van der Waals surface area contributed by atoms with Gasteiger partial charge in [0.1, 0.15) is 0 Å². The first-order valence-electron chi connectivity index (χ1n) is 6.58. The van der Waals surface area contributed by atoms with Gasteiger partial charge in [-0.25, -0.2) is 4.98 Å². The number of halogens is 3. The zero-order valence-electron chi connectivity index (χ0n) is 11.2. The van der Waals surface area contributed by atoms with E-state index in [1.807, 2.05) is 12.1 Å². The predicted molar refractivity (Wildman–Crippen MR) is 76.2 cm³/mol. The monoisotopic (exact) mass is 313 g/mol. The van der Waals surface area contributed by atoms with Crippen molar-refractivity contribution in [2.45, 2.75) is 19.3 Å². The van der Waals surface area contributed by atoms with E-state index in [0.29, 0.717) is 11.7 Å². The van der Waals surface area contributed by atoms with Crippen molar-refractivity contribution >= 4 is 16.5 Å². The van der Waals surface area contributed by atoms with Crippen LogP contribution in [0.15, 0.2) is 29.6 Å². The third-order valence-electron chi connectivity index (χ3n) is 3.41. The molecular formula is C14H14F3N3S. The fraction of sp³-hybridized carbons (Fsp3) is 0.357. The van der Waals surface area contributed by atoms with Crippen LogP contribution in [0.25, 0.3) is 0 Å². The fourth-order valence-electron chi connectivity index (χ4n) is 2.37. The molecule has 2 heterocycles. The Balaban J connectivity index is 1.48. The Hall–Kier alpha value is -1.60. The molecule has 112 valence electrons. The lowest BCUT2D eigenvalue weighted by atomic mass is 10.1. The van der Waals surface area contributed by atoms with Crippen LogP contribution in [0.5, 0.6) is 0 Å². The molecule has 0 bridgehead atoms. The standard InChI is InChI=1S/C14H14F3N3S/c15-14(16,17)12-9-21-13(19-12)18-5-6-20-7-10-3-1-2-4-11(10)8-20/h1-4,9H,5-8H2,(H,18,19). The Morgan fingerprint density at radius 2 is 1.86 bits per heavy atom. The molecule has 1 N–H and O–H groups in total. The van der Waals surface area contributed by atoms with Gasteiger partial charge in [-0.1, -0.05) is 24.3 Å². The predicted octanol–water partition coefficient (Wildman–Crippen LogP) is 3.59. The van der Waals surface area contributed by atoms with Crippen LogP contribution >= 0.6 is 11.3 Å². The van der Waals surface area contributed by atoms with Crippen molar-refractivity contribution in [1.82, 2.24) is 9.88 Å². The van der Waals surface area contributed by atoms with Gasteiger partial charge in [0.25, 0.3) is 0 Å². The number of hydrogen-bond acceptors (Lipinski definition) is 4. The number of alkyl halides is 3. The number of hydrogen-bond donors (Lipinski definition) is 1. The van der Waals surface area contributed by atoms with E-state index in [4.69, 9.17) is 0 Å². The fourth-order valence-corrected chi connectivity index (χ4v) is 3.11. The SMILES string of the molecule is FC(F)(F)c1csc(NCCN2Cc3ccccc3C2)n1. The third-order valence-corrected chi connectivity index (χ3v) is 4.21. The summed E-state index contributed by atoms with van der Waals surface area (Å²) in [6, 6.07) is 8.27. The van der Waals surface area contributed by atoms with E-state index in [2.05, 4.69) is 27.3 Å². The maximum atomic E-state index is 12.4. The highest BCUT2D eigenvalue weighted by Crippen LogP contribution is 2.31. The van der Waals surface area contributed by atoms with Crippen LogP contribution in [0.4, 0.5) is 18.3 Å². The molecule has 0 atom stereocenters. The largest absolute Gasteiger partial charge is 0.434 e. The normalized spacial score (nSPS) is 15.2. The van der Waals surface area contributed by atoms with Crippen LogP contribution in [0.3, 0.4) is 0 Å². The molecule has 0 radical (unpaired) electrons. The summed E-state index contributed by atoms with van der Waals surface area (Å²) >= 11 is 0.986. The summed E-state index contributed by atoms with van der Waals surface area (Å²) < 4.78 is 37.3. The summed E-state index contributed by atoms with van der Waals surface area (Å²) in [4.78, 5) is 5.81. The second-order valence-electron chi connectivity index (χ2n) is 4.94. The number of anilines is 1. The number of nitrogens with one attached hydrogen (secondary N) is 1. The van der Waals surface area contributed by atoms with Crippen LogP contribution in [0.1, 0.15) is 16.8 Å². The zero-order valence-corrected chi connectivity index (χ0v) is 12.0. The van der Waals surface area contributed by atoms with Crippen LogP contribution in [-0.4, -0.2) is 23.0 Å². The van der Waals surface area contributed by atoms with Crippen LogP contribution < -0.4 is 5.32 Å². The van der Waals surface area contributed by atoms with Gasteiger partial charge in [-0.3, -0.25) is 4.90 Å². The number of fused-ring (bicyclic) bond motifs is 1. The lowest BCUT2D eigenvalue weighted by molar-refractivity contribution is -0.140. The molecule has 0 saturated heterocycles. The average Bonchev–Trinajstić information content (AvgIpc) is 3.03. The van der Waals surface area contributed by atoms with E-state index in [1.54, 1.807) is 0 Å². The molecule has 0 spiro atoms. The van der Waals surface area contributed by atoms with Crippen molar-refractivity contribution in [3.63, 3.8) is 0 Å². The highest BCUT2D eigenvalue weighted by atomic mass is 32.1. The Kier molecular flexibility index (Phi) is 3.86. The van der Waals surface area contributed by atoms with Crippen molar-refractivity contribution in [3.05, 3.63) is 46.5 Å². The smallest absolute Gasteiger partial charge is 0.360 e. The topological polar surface area (TPSA) is 28.2 Å². The Bertz CT molecular complexity index is 599. The molecule has 1 aliphatic heterocycles. The summed E-state index contributed by atoms with van der Waals surface area (Å²) in [6.07, 6.45) is -4.37. The number of rotatable bonds is 4. The number of benzene rings is 1. The van der Waals surface area contributed by atoms with Gasteiger partial charge in [-0.2, -0.15) is 13.2 Å². The Morgan fingerprint density at radius 1 is 1.19 bits per heavy atom. The molecule has 3 rings (SSSR count). The average molecular weight is 313 g/mol. The van der Waals surface area contributed by atoms with Crippen molar-refractivity contribution in [2.75, 3.05) is 18.4 Å². The number of aromatic nitrogens is 1. The van der Waals surface area contributed by atoms with Crippen molar-refractivity contribution in [3.8, 4) is 0 Å². The van der Waals surface area contributed by atoms with Gasteiger partial charge in [0.2, 0.25) is 0 Å². The molecule has 7 heteroatoms. The summed E-state index contributed by atoms with van der Waals surface area (Å²) in [5.41, 5.74) is 1.82. The van der Waals surface area contributed by atoms with Crippen molar-refractivity contribution < 1.29 is 13.2 Å². The van der Waals surface area contributed by atoms with E-state index >= 15 is 0 Å². The van der Waals surface area contributed by atoms with E-state index in [9.17, 15) is 13.2 Å². The maximum absolute atomic E-state index is 12.4. The third kappa shape index (κ3) is 3.36. The lowest BCUT2D eigenvalue weighted by Crippen LogP contribution is -2.23. The molecule has 0 amide bonds. The first kappa shape index (κ1) is 14.3. The molecule has 0 aliphatic carbocycles. The van der Waals surface area contributed by atoms with Gasteiger partial charge in [0.15, 0.2) is 10.8 Å². The quantitative estimate of drug-likeness (QED) is 0.935. The van der Waals surface area contributed by atoms with Crippen LogP contribution in [0, 0.1) is 0 Å².